The van der Waals surface area contributed by atoms with Gasteiger partial charge in [-0.25, -0.2) is 4.98 Å². The third-order valence-corrected chi connectivity index (χ3v) is 8.39. The molecular formula is C28H29N5O2S. The number of carbonyl (C=O) groups is 2. The molecule has 2 aliphatic rings. The summed E-state index contributed by atoms with van der Waals surface area (Å²) in [5, 5.41) is 12.0. The van der Waals surface area contributed by atoms with Crippen LogP contribution in [0.25, 0.3) is 21.3 Å². The van der Waals surface area contributed by atoms with Crippen LogP contribution in [-0.2, 0) is 0 Å². The highest BCUT2D eigenvalue weighted by Gasteiger charge is 2.34. The molecular weight excluding hydrogens is 470 g/mol. The van der Waals surface area contributed by atoms with Crippen LogP contribution >= 0.6 is 11.3 Å². The van der Waals surface area contributed by atoms with Crippen molar-refractivity contribution in [3.05, 3.63) is 70.5 Å². The van der Waals surface area contributed by atoms with Gasteiger partial charge in [0.1, 0.15) is 5.69 Å². The maximum atomic E-state index is 13.9. The van der Waals surface area contributed by atoms with Gasteiger partial charge < -0.3 is 10.2 Å². The Labute approximate surface area is 213 Å². The SMILES string of the molecule is Cc1cccc(-c2sc(C3CC3)nc2C(=O)N2CCCC[C@H]2CNC(=O)c2n[nH]c3ccccc23)c1. The lowest BCUT2D eigenvalue weighted by molar-refractivity contribution is 0.0598. The zero-order valence-corrected chi connectivity index (χ0v) is 21.1. The minimum Gasteiger partial charge on any atom is -0.349 e. The number of likely N-dealkylation sites (tertiary alicyclic amines) is 1. The Morgan fingerprint density at radius 1 is 1.08 bits per heavy atom. The monoisotopic (exact) mass is 499 g/mol. The predicted octanol–water partition coefficient (Wildman–Crippen LogP) is 5.30. The number of aromatic nitrogens is 3. The van der Waals surface area contributed by atoms with E-state index in [0.29, 0.717) is 30.4 Å². The van der Waals surface area contributed by atoms with Crippen molar-refractivity contribution < 1.29 is 9.59 Å². The second kappa shape index (κ2) is 9.50. The van der Waals surface area contributed by atoms with Gasteiger partial charge in [-0.2, -0.15) is 5.10 Å². The third kappa shape index (κ3) is 4.41. The zero-order chi connectivity index (χ0) is 24.6. The molecule has 3 heterocycles. The van der Waals surface area contributed by atoms with Gasteiger partial charge in [-0.3, -0.25) is 14.7 Å². The second-order valence-electron chi connectivity index (χ2n) is 9.85. The molecule has 4 aromatic rings. The van der Waals surface area contributed by atoms with Gasteiger partial charge in [0.15, 0.2) is 5.69 Å². The molecule has 0 unspecified atom stereocenters. The van der Waals surface area contributed by atoms with Crippen LogP contribution in [0.2, 0.25) is 0 Å². The molecule has 2 aromatic heterocycles. The summed E-state index contributed by atoms with van der Waals surface area (Å²) in [6, 6.07) is 15.8. The fraction of sp³-hybridized carbons (Fsp3) is 0.357. The first kappa shape index (κ1) is 22.9. The number of hydrogen-bond donors (Lipinski definition) is 2. The molecule has 36 heavy (non-hydrogen) atoms. The van der Waals surface area contributed by atoms with Gasteiger partial charge in [0.2, 0.25) is 0 Å². The van der Waals surface area contributed by atoms with Crippen molar-refractivity contribution in [2.75, 3.05) is 13.1 Å². The molecule has 2 N–H and O–H groups in total. The van der Waals surface area contributed by atoms with Crippen LogP contribution in [0.1, 0.15) is 69.6 Å². The van der Waals surface area contributed by atoms with Crippen molar-refractivity contribution in [3.63, 3.8) is 0 Å². The first-order valence-electron chi connectivity index (χ1n) is 12.7. The molecule has 8 heteroatoms. The molecule has 184 valence electrons. The number of aryl methyl sites for hydroxylation is 1. The Morgan fingerprint density at radius 2 is 1.94 bits per heavy atom. The maximum Gasteiger partial charge on any atom is 0.274 e. The van der Waals surface area contributed by atoms with Crippen molar-refractivity contribution in [3.8, 4) is 10.4 Å². The number of thiazole rings is 1. The highest BCUT2D eigenvalue weighted by Crippen LogP contribution is 2.45. The van der Waals surface area contributed by atoms with Crippen LogP contribution < -0.4 is 5.32 Å². The van der Waals surface area contributed by atoms with Crippen LogP contribution in [-0.4, -0.2) is 51.0 Å². The number of fused-ring (bicyclic) bond motifs is 1. The van der Waals surface area contributed by atoms with E-state index >= 15 is 0 Å². The minimum absolute atomic E-state index is 0.0289. The molecule has 2 fully saturated rings. The van der Waals surface area contributed by atoms with E-state index in [-0.39, 0.29) is 17.9 Å². The molecule has 2 aromatic carbocycles. The van der Waals surface area contributed by atoms with Crippen molar-refractivity contribution in [2.45, 2.75) is 51.0 Å². The lowest BCUT2D eigenvalue weighted by atomic mass is 10.0. The van der Waals surface area contributed by atoms with Gasteiger partial charge in [-0.1, -0.05) is 48.0 Å². The van der Waals surface area contributed by atoms with Gasteiger partial charge in [0.25, 0.3) is 11.8 Å². The summed E-state index contributed by atoms with van der Waals surface area (Å²) in [5.41, 5.74) is 3.99. The van der Waals surface area contributed by atoms with E-state index < -0.39 is 0 Å². The topological polar surface area (TPSA) is 91.0 Å². The summed E-state index contributed by atoms with van der Waals surface area (Å²) in [5.74, 6) is 0.231. The van der Waals surface area contributed by atoms with Crippen LogP contribution in [0.3, 0.4) is 0 Å². The number of rotatable bonds is 6. The van der Waals surface area contributed by atoms with E-state index in [0.717, 1.165) is 64.0 Å². The lowest BCUT2D eigenvalue weighted by Crippen LogP contribution is -2.49. The lowest BCUT2D eigenvalue weighted by Gasteiger charge is -2.35. The summed E-state index contributed by atoms with van der Waals surface area (Å²) in [6.07, 6.45) is 5.14. The third-order valence-electron chi connectivity index (χ3n) is 7.12. The summed E-state index contributed by atoms with van der Waals surface area (Å²) in [6.45, 7) is 3.14. The van der Waals surface area contributed by atoms with E-state index in [1.165, 1.54) is 0 Å². The average molecular weight is 500 g/mol. The zero-order valence-electron chi connectivity index (χ0n) is 20.3. The van der Waals surface area contributed by atoms with Crippen LogP contribution in [0.4, 0.5) is 0 Å². The summed E-state index contributed by atoms with van der Waals surface area (Å²) in [4.78, 5) is 34.7. The number of nitrogens with zero attached hydrogens (tertiary/aromatic N) is 3. The summed E-state index contributed by atoms with van der Waals surface area (Å²) >= 11 is 1.66. The molecule has 1 atom stereocenters. The van der Waals surface area contributed by atoms with Crippen molar-refractivity contribution in [2.24, 2.45) is 0 Å². The van der Waals surface area contributed by atoms with Crippen LogP contribution in [0.15, 0.2) is 48.5 Å². The molecule has 7 nitrogen and oxygen atoms in total. The predicted molar refractivity (Wildman–Crippen MR) is 141 cm³/mol. The number of para-hydroxylation sites is 1. The second-order valence-corrected chi connectivity index (χ2v) is 10.9. The Morgan fingerprint density at radius 3 is 2.78 bits per heavy atom. The Kier molecular flexibility index (Phi) is 6.05. The Bertz CT molecular complexity index is 1440. The smallest absolute Gasteiger partial charge is 0.274 e. The molecule has 1 saturated heterocycles. The molecule has 1 saturated carbocycles. The Balaban J connectivity index is 1.24. The van der Waals surface area contributed by atoms with Gasteiger partial charge in [0, 0.05) is 30.4 Å². The number of piperidine rings is 1. The molecule has 0 radical (unpaired) electrons. The number of aromatic amines is 1. The maximum absolute atomic E-state index is 13.9. The van der Waals surface area contributed by atoms with Crippen molar-refractivity contribution >= 4 is 34.1 Å². The fourth-order valence-corrected chi connectivity index (χ4v) is 6.24. The highest BCUT2D eigenvalue weighted by molar-refractivity contribution is 7.15. The molecule has 2 amide bonds. The van der Waals surface area contributed by atoms with Gasteiger partial charge >= 0.3 is 0 Å². The first-order chi connectivity index (χ1) is 17.6. The number of H-pyrrole nitrogens is 1. The number of hydrogen-bond acceptors (Lipinski definition) is 5. The number of carbonyl (C=O) groups excluding carboxylic acids is 2. The van der Waals surface area contributed by atoms with Crippen molar-refractivity contribution in [1.29, 1.82) is 0 Å². The van der Waals surface area contributed by atoms with Gasteiger partial charge in [-0.05, 0) is 50.7 Å². The fourth-order valence-electron chi connectivity index (χ4n) is 5.02. The average Bonchev–Trinajstić information content (AvgIpc) is 3.51. The normalized spacial score (nSPS) is 17.9. The van der Waals surface area contributed by atoms with E-state index in [2.05, 4.69) is 40.6 Å². The standard InChI is InChI=1S/C28H29N5O2S/c1-17-7-6-8-19(15-17)25-24(30-27(36-25)18-12-13-18)28(35)33-14-5-4-9-20(33)16-29-26(34)23-21-10-2-3-11-22(21)31-32-23/h2-3,6-8,10-11,15,18,20H,4-5,9,12-14,16H2,1H3,(H,29,34)(H,31,32)/t20-/m0/s1. The molecule has 1 aliphatic heterocycles. The van der Waals surface area contributed by atoms with Gasteiger partial charge in [0.05, 0.1) is 15.4 Å². The van der Waals surface area contributed by atoms with Gasteiger partial charge in [-0.15, -0.1) is 11.3 Å². The van der Waals surface area contributed by atoms with Crippen molar-refractivity contribution in [1.82, 2.24) is 25.4 Å². The number of nitrogens with one attached hydrogen (secondary N) is 2. The molecule has 0 spiro atoms. The van der Waals surface area contributed by atoms with E-state index in [4.69, 9.17) is 4.98 Å². The largest absolute Gasteiger partial charge is 0.349 e. The van der Waals surface area contributed by atoms with E-state index in [1.807, 2.05) is 35.2 Å². The van der Waals surface area contributed by atoms with E-state index in [1.54, 1.807) is 11.3 Å². The Hall–Kier alpha value is -3.52. The van der Waals surface area contributed by atoms with Crippen LogP contribution in [0, 0.1) is 6.92 Å². The molecule has 6 rings (SSSR count). The summed E-state index contributed by atoms with van der Waals surface area (Å²) < 4.78 is 0. The van der Waals surface area contributed by atoms with E-state index in [9.17, 15) is 9.59 Å². The number of benzene rings is 2. The quantitative estimate of drug-likeness (QED) is 0.377. The highest BCUT2D eigenvalue weighted by atomic mass is 32.1. The molecule has 0 bridgehead atoms. The molecule has 1 aliphatic carbocycles. The minimum atomic E-state index is -0.226. The van der Waals surface area contributed by atoms with Crippen LogP contribution in [0.5, 0.6) is 0 Å². The first-order valence-corrected chi connectivity index (χ1v) is 13.5. The summed E-state index contributed by atoms with van der Waals surface area (Å²) in [7, 11) is 0. The number of amides is 2.